The standard InChI is InChI=1S/C31H26N4O2/c1-3-36-23-17-13-21(14-18-23)29-32-30(22-15-19-24(20-16-22)37-4-2)34-31(33-29)35-27-11-7-5-9-25(27)26-10-6-8-12-28(26)35/h5-20H,3-4H2,1-2H3. The van der Waals surface area contributed by atoms with Crippen LogP contribution in [0.15, 0.2) is 97.1 Å². The summed E-state index contributed by atoms with van der Waals surface area (Å²) in [5.74, 6) is 3.39. The highest BCUT2D eigenvalue weighted by Gasteiger charge is 2.17. The van der Waals surface area contributed by atoms with Gasteiger partial charge >= 0.3 is 0 Å². The van der Waals surface area contributed by atoms with Crippen molar-refractivity contribution < 1.29 is 9.47 Å². The van der Waals surface area contributed by atoms with Gasteiger partial charge in [0.1, 0.15) is 11.5 Å². The van der Waals surface area contributed by atoms with Crippen molar-refractivity contribution in [3.05, 3.63) is 97.1 Å². The molecule has 0 spiro atoms. The van der Waals surface area contributed by atoms with Crippen LogP contribution in [0, 0.1) is 0 Å². The lowest BCUT2D eigenvalue weighted by molar-refractivity contribution is 0.340. The minimum absolute atomic E-state index is 0.570. The Hall–Kier alpha value is -4.71. The summed E-state index contributed by atoms with van der Waals surface area (Å²) < 4.78 is 13.4. The van der Waals surface area contributed by atoms with Crippen LogP contribution in [0.4, 0.5) is 0 Å². The third kappa shape index (κ3) is 4.27. The molecule has 6 heteroatoms. The van der Waals surface area contributed by atoms with E-state index in [1.165, 1.54) is 0 Å². The average molecular weight is 487 g/mol. The van der Waals surface area contributed by atoms with Crippen molar-refractivity contribution in [2.24, 2.45) is 0 Å². The van der Waals surface area contributed by atoms with Crippen molar-refractivity contribution in [2.45, 2.75) is 13.8 Å². The number of aromatic nitrogens is 4. The predicted molar refractivity (Wildman–Crippen MR) is 147 cm³/mol. The Morgan fingerprint density at radius 2 is 0.973 bits per heavy atom. The van der Waals surface area contributed by atoms with Gasteiger partial charge in [-0.25, -0.2) is 4.98 Å². The average Bonchev–Trinajstić information content (AvgIpc) is 3.29. The van der Waals surface area contributed by atoms with Crippen molar-refractivity contribution >= 4 is 21.8 Å². The van der Waals surface area contributed by atoms with E-state index < -0.39 is 0 Å². The fourth-order valence-electron chi connectivity index (χ4n) is 4.59. The molecule has 0 saturated carbocycles. The van der Waals surface area contributed by atoms with Crippen LogP contribution in [-0.4, -0.2) is 32.7 Å². The normalized spacial score (nSPS) is 11.2. The molecule has 0 aliphatic rings. The molecular weight excluding hydrogens is 460 g/mol. The highest BCUT2D eigenvalue weighted by molar-refractivity contribution is 6.08. The zero-order valence-corrected chi connectivity index (χ0v) is 20.8. The second-order valence-corrected chi connectivity index (χ2v) is 8.57. The summed E-state index contributed by atoms with van der Waals surface area (Å²) in [6.45, 7) is 5.18. The molecule has 0 aliphatic heterocycles. The Morgan fingerprint density at radius 3 is 1.41 bits per heavy atom. The molecule has 2 heterocycles. The van der Waals surface area contributed by atoms with Crippen molar-refractivity contribution in [1.29, 1.82) is 0 Å². The quantitative estimate of drug-likeness (QED) is 0.241. The second kappa shape index (κ2) is 9.74. The number of hydrogen-bond acceptors (Lipinski definition) is 5. The van der Waals surface area contributed by atoms with Crippen molar-refractivity contribution in [3.63, 3.8) is 0 Å². The lowest BCUT2D eigenvalue weighted by atomic mass is 10.2. The molecule has 2 aromatic heterocycles. The topological polar surface area (TPSA) is 62.1 Å². The van der Waals surface area contributed by atoms with E-state index in [1.54, 1.807) is 0 Å². The first kappa shape index (κ1) is 22.7. The number of fused-ring (bicyclic) bond motifs is 3. The Kier molecular flexibility index (Phi) is 5.98. The zero-order chi connectivity index (χ0) is 25.2. The number of para-hydroxylation sites is 2. The molecule has 6 nitrogen and oxygen atoms in total. The van der Waals surface area contributed by atoms with Gasteiger partial charge in [-0.3, -0.25) is 4.57 Å². The van der Waals surface area contributed by atoms with Crippen LogP contribution < -0.4 is 9.47 Å². The Bertz CT molecular complexity index is 1570. The number of ether oxygens (including phenoxy) is 2. The first-order valence-corrected chi connectivity index (χ1v) is 12.5. The van der Waals surface area contributed by atoms with Gasteiger partial charge in [0.15, 0.2) is 11.6 Å². The molecule has 0 amide bonds. The maximum atomic E-state index is 5.63. The van der Waals surface area contributed by atoms with Gasteiger partial charge in [0.25, 0.3) is 0 Å². The SMILES string of the molecule is CCOc1ccc(-c2nc(-c3ccc(OCC)cc3)nc(-n3c4ccccc4c4ccccc43)n2)cc1. The minimum Gasteiger partial charge on any atom is -0.494 e. The van der Waals surface area contributed by atoms with Crippen molar-refractivity contribution in [3.8, 4) is 40.2 Å². The van der Waals surface area contributed by atoms with Crippen LogP contribution >= 0.6 is 0 Å². The third-order valence-electron chi connectivity index (χ3n) is 6.25. The van der Waals surface area contributed by atoms with Gasteiger partial charge in [-0.15, -0.1) is 0 Å². The van der Waals surface area contributed by atoms with E-state index in [2.05, 4.69) is 41.0 Å². The maximum absolute atomic E-state index is 5.63. The van der Waals surface area contributed by atoms with E-state index >= 15 is 0 Å². The van der Waals surface area contributed by atoms with Crippen LogP contribution in [-0.2, 0) is 0 Å². The van der Waals surface area contributed by atoms with Gasteiger partial charge in [-0.1, -0.05) is 36.4 Å². The van der Waals surface area contributed by atoms with Gasteiger partial charge < -0.3 is 9.47 Å². The Labute approximate surface area is 215 Å². The molecule has 0 atom stereocenters. The summed E-state index contributed by atoms with van der Waals surface area (Å²) in [6, 6.07) is 32.4. The molecule has 0 unspecified atom stereocenters. The molecule has 0 aliphatic carbocycles. The predicted octanol–water partition coefficient (Wildman–Crippen LogP) is 7.10. The summed E-state index contributed by atoms with van der Waals surface area (Å²) in [4.78, 5) is 14.8. The minimum atomic E-state index is 0.570. The highest BCUT2D eigenvalue weighted by atomic mass is 16.5. The van der Waals surface area contributed by atoms with Gasteiger partial charge in [-0.05, 0) is 74.5 Å². The van der Waals surface area contributed by atoms with E-state index in [0.717, 1.165) is 44.4 Å². The summed E-state index contributed by atoms with van der Waals surface area (Å²) in [6.07, 6.45) is 0. The maximum Gasteiger partial charge on any atom is 0.238 e. The first-order chi connectivity index (χ1) is 18.2. The molecule has 0 N–H and O–H groups in total. The Morgan fingerprint density at radius 1 is 0.541 bits per heavy atom. The lowest BCUT2D eigenvalue weighted by Crippen LogP contribution is -2.06. The van der Waals surface area contributed by atoms with Crippen LogP contribution in [0.5, 0.6) is 11.5 Å². The van der Waals surface area contributed by atoms with Gasteiger partial charge in [0, 0.05) is 21.9 Å². The van der Waals surface area contributed by atoms with Crippen LogP contribution in [0.2, 0.25) is 0 Å². The van der Waals surface area contributed by atoms with Gasteiger partial charge in [-0.2, -0.15) is 9.97 Å². The van der Waals surface area contributed by atoms with E-state index in [4.69, 9.17) is 24.4 Å². The van der Waals surface area contributed by atoms with E-state index in [9.17, 15) is 0 Å². The van der Waals surface area contributed by atoms with E-state index in [0.29, 0.717) is 30.8 Å². The second-order valence-electron chi connectivity index (χ2n) is 8.57. The monoisotopic (exact) mass is 486 g/mol. The van der Waals surface area contributed by atoms with Crippen LogP contribution in [0.1, 0.15) is 13.8 Å². The zero-order valence-electron chi connectivity index (χ0n) is 20.8. The van der Waals surface area contributed by atoms with Crippen molar-refractivity contribution in [1.82, 2.24) is 19.5 Å². The Balaban J connectivity index is 1.57. The van der Waals surface area contributed by atoms with Gasteiger partial charge in [0.2, 0.25) is 5.95 Å². The lowest BCUT2D eigenvalue weighted by Gasteiger charge is -2.11. The first-order valence-electron chi connectivity index (χ1n) is 12.5. The molecule has 4 aromatic carbocycles. The largest absolute Gasteiger partial charge is 0.494 e. The molecule has 37 heavy (non-hydrogen) atoms. The van der Waals surface area contributed by atoms with Crippen LogP contribution in [0.25, 0.3) is 50.5 Å². The fourth-order valence-corrected chi connectivity index (χ4v) is 4.59. The number of hydrogen-bond donors (Lipinski definition) is 0. The molecule has 6 aromatic rings. The highest BCUT2D eigenvalue weighted by Crippen LogP contribution is 2.32. The van der Waals surface area contributed by atoms with Gasteiger partial charge in [0.05, 0.1) is 24.2 Å². The smallest absolute Gasteiger partial charge is 0.238 e. The molecule has 0 radical (unpaired) electrons. The summed E-state index contributed by atoms with van der Waals surface area (Å²) >= 11 is 0. The number of rotatable bonds is 7. The molecule has 6 rings (SSSR count). The van der Waals surface area contributed by atoms with Crippen molar-refractivity contribution in [2.75, 3.05) is 13.2 Å². The van der Waals surface area contributed by atoms with E-state index in [1.807, 2.05) is 74.5 Å². The summed E-state index contributed by atoms with van der Waals surface area (Å²) in [7, 11) is 0. The molecule has 182 valence electrons. The number of nitrogens with zero attached hydrogens (tertiary/aromatic N) is 4. The number of benzene rings is 4. The van der Waals surface area contributed by atoms with Crippen LogP contribution in [0.3, 0.4) is 0 Å². The molecule has 0 saturated heterocycles. The third-order valence-corrected chi connectivity index (χ3v) is 6.25. The molecular formula is C31H26N4O2. The fraction of sp³-hybridized carbons (Fsp3) is 0.129. The van der Waals surface area contributed by atoms with E-state index in [-0.39, 0.29) is 0 Å². The summed E-state index contributed by atoms with van der Waals surface area (Å²) in [5.41, 5.74) is 3.87. The summed E-state index contributed by atoms with van der Waals surface area (Å²) in [5, 5.41) is 2.31. The molecule has 0 fully saturated rings. The molecule has 0 bridgehead atoms.